The minimum Gasteiger partial charge on any atom is -0.481 e. The van der Waals surface area contributed by atoms with Crippen LogP contribution in [0.5, 0.6) is 0 Å². The second kappa shape index (κ2) is 6.72. The molecule has 0 spiro atoms. The van der Waals surface area contributed by atoms with Gasteiger partial charge in [-0.3, -0.25) is 9.59 Å². The molecule has 8 heteroatoms. The van der Waals surface area contributed by atoms with E-state index in [1.807, 2.05) is 13.8 Å². The molecule has 0 fully saturated rings. The van der Waals surface area contributed by atoms with Crippen LogP contribution in [0, 0.1) is 11.8 Å². The molecule has 0 aliphatic rings. The van der Waals surface area contributed by atoms with Crippen molar-refractivity contribution in [3.8, 4) is 0 Å². The molecular weight excluding hydrogens is 252 g/mol. The minimum atomic E-state index is -0.887. The number of nitrogens with one attached hydrogen (secondary N) is 1. The van der Waals surface area contributed by atoms with Gasteiger partial charge in [-0.05, 0) is 28.6 Å². The van der Waals surface area contributed by atoms with E-state index in [-0.39, 0.29) is 30.4 Å². The number of anilines is 1. The lowest BCUT2D eigenvalue weighted by Gasteiger charge is -2.17. The summed E-state index contributed by atoms with van der Waals surface area (Å²) >= 11 is 0. The van der Waals surface area contributed by atoms with Crippen molar-refractivity contribution in [2.24, 2.45) is 11.8 Å². The van der Waals surface area contributed by atoms with E-state index in [0.717, 1.165) is 0 Å². The number of carbonyl (C=O) groups is 2. The fraction of sp³-hybridized carbons (Fsp3) is 0.636. The summed E-state index contributed by atoms with van der Waals surface area (Å²) in [6, 6.07) is 0. The topological polar surface area (TPSA) is 131 Å². The Bertz CT molecular complexity index is 444. The van der Waals surface area contributed by atoms with E-state index in [4.69, 9.17) is 10.8 Å². The monoisotopic (exact) mass is 270 g/mol. The SMILES string of the molecule is CC(C)C[C@H](CNC(=O)c1nonc1N)CC(=O)O. The quantitative estimate of drug-likeness (QED) is 0.658. The van der Waals surface area contributed by atoms with Gasteiger partial charge in [0.05, 0.1) is 0 Å². The molecule has 1 aromatic heterocycles. The molecule has 0 saturated heterocycles. The number of rotatable bonds is 7. The van der Waals surface area contributed by atoms with Crippen molar-refractivity contribution in [1.82, 2.24) is 15.6 Å². The van der Waals surface area contributed by atoms with E-state index >= 15 is 0 Å². The molecule has 0 aliphatic heterocycles. The highest BCUT2D eigenvalue weighted by molar-refractivity contribution is 5.95. The Hall–Kier alpha value is -2.12. The number of nitrogens with two attached hydrogens (primary N) is 1. The highest BCUT2D eigenvalue weighted by Gasteiger charge is 2.19. The first kappa shape index (κ1) is 14.9. The molecule has 1 aromatic rings. The third-order valence-corrected chi connectivity index (χ3v) is 2.55. The van der Waals surface area contributed by atoms with E-state index < -0.39 is 11.9 Å². The van der Waals surface area contributed by atoms with E-state index in [1.54, 1.807) is 0 Å². The zero-order chi connectivity index (χ0) is 14.4. The summed E-state index contributed by atoms with van der Waals surface area (Å²) in [7, 11) is 0. The molecule has 1 heterocycles. The van der Waals surface area contributed by atoms with Crippen LogP contribution in [-0.4, -0.2) is 33.8 Å². The fourth-order valence-corrected chi connectivity index (χ4v) is 1.83. The number of hydrogen-bond donors (Lipinski definition) is 3. The van der Waals surface area contributed by atoms with Crippen molar-refractivity contribution in [3.63, 3.8) is 0 Å². The second-order valence-corrected chi connectivity index (χ2v) is 4.80. The van der Waals surface area contributed by atoms with Crippen molar-refractivity contribution >= 4 is 17.7 Å². The molecule has 1 rings (SSSR count). The first-order chi connectivity index (χ1) is 8.90. The molecule has 0 saturated carbocycles. The fourth-order valence-electron chi connectivity index (χ4n) is 1.83. The number of aromatic nitrogens is 2. The van der Waals surface area contributed by atoms with Crippen LogP contribution in [0.15, 0.2) is 4.63 Å². The maximum absolute atomic E-state index is 11.7. The maximum Gasteiger partial charge on any atom is 0.303 e. The molecule has 0 bridgehead atoms. The maximum atomic E-state index is 11.7. The molecule has 4 N–H and O–H groups in total. The van der Waals surface area contributed by atoms with Gasteiger partial charge < -0.3 is 16.2 Å². The number of nitrogen functional groups attached to an aromatic ring is 1. The van der Waals surface area contributed by atoms with Crippen LogP contribution in [-0.2, 0) is 4.79 Å². The highest BCUT2D eigenvalue weighted by atomic mass is 16.6. The van der Waals surface area contributed by atoms with E-state index in [9.17, 15) is 9.59 Å². The number of nitrogens with zero attached hydrogens (tertiary/aromatic N) is 2. The predicted molar refractivity (Wildman–Crippen MR) is 66.2 cm³/mol. The molecule has 1 amide bonds. The van der Waals surface area contributed by atoms with Crippen LogP contribution in [0.25, 0.3) is 0 Å². The molecule has 1 atom stereocenters. The van der Waals surface area contributed by atoms with Gasteiger partial charge in [0, 0.05) is 13.0 Å². The summed E-state index contributed by atoms with van der Waals surface area (Å²) in [4.78, 5) is 22.5. The summed E-state index contributed by atoms with van der Waals surface area (Å²) in [5.41, 5.74) is 5.30. The zero-order valence-electron chi connectivity index (χ0n) is 10.9. The van der Waals surface area contributed by atoms with Gasteiger partial charge in [-0.15, -0.1) is 0 Å². The lowest BCUT2D eigenvalue weighted by atomic mass is 9.94. The van der Waals surface area contributed by atoms with Crippen LogP contribution in [0.1, 0.15) is 37.2 Å². The normalized spacial score (nSPS) is 12.4. The summed E-state index contributed by atoms with van der Waals surface area (Å²) < 4.78 is 4.32. The largest absolute Gasteiger partial charge is 0.481 e. The van der Waals surface area contributed by atoms with E-state index in [2.05, 4.69) is 20.3 Å². The Kier molecular flexibility index (Phi) is 5.28. The highest BCUT2D eigenvalue weighted by Crippen LogP contribution is 2.15. The molecule has 0 aliphatic carbocycles. The molecule has 106 valence electrons. The predicted octanol–water partition coefficient (Wildman–Crippen LogP) is 0.519. The van der Waals surface area contributed by atoms with Crippen molar-refractivity contribution in [3.05, 3.63) is 5.69 Å². The van der Waals surface area contributed by atoms with Gasteiger partial charge in [-0.1, -0.05) is 13.8 Å². The van der Waals surface area contributed by atoms with Crippen molar-refractivity contribution < 1.29 is 19.3 Å². The Labute approximate surface area is 110 Å². The van der Waals surface area contributed by atoms with Gasteiger partial charge in [0.15, 0.2) is 0 Å². The van der Waals surface area contributed by atoms with Crippen molar-refractivity contribution in [2.75, 3.05) is 12.3 Å². The Balaban J connectivity index is 2.53. The Morgan fingerprint density at radius 3 is 2.58 bits per heavy atom. The Morgan fingerprint density at radius 1 is 1.42 bits per heavy atom. The molecular formula is C11H18N4O4. The van der Waals surface area contributed by atoms with Gasteiger partial charge in [0.2, 0.25) is 11.5 Å². The number of hydrogen-bond acceptors (Lipinski definition) is 6. The van der Waals surface area contributed by atoms with Gasteiger partial charge in [-0.25, -0.2) is 4.63 Å². The summed E-state index contributed by atoms with van der Waals surface area (Å²) in [5, 5.41) is 18.1. The second-order valence-electron chi connectivity index (χ2n) is 4.80. The third kappa shape index (κ3) is 4.94. The van der Waals surface area contributed by atoms with Crippen LogP contribution >= 0.6 is 0 Å². The first-order valence-electron chi connectivity index (χ1n) is 5.98. The molecule has 19 heavy (non-hydrogen) atoms. The molecule has 8 nitrogen and oxygen atoms in total. The summed E-state index contributed by atoms with van der Waals surface area (Å²) in [5.74, 6) is -1.28. The zero-order valence-corrected chi connectivity index (χ0v) is 10.9. The van der Waals surface area contributed by atoms with Gasteiger partial charge in [-0.2, -0.15) is 0 Å². The summed E-state index contributed by atoms with van der Waals surface area (Å²) in [6.07, 6.45) is 0.712. The summed E-state index contributed by atoms with van der Waals surface area (Å²) in [6.45, 7) is 4.24. The average Bonchev–Trinajstić information content (AvgIpc) is 2.70. The lowest BCUT2D eigenvalue weighted by molar-refractivity contribution is -0.138. The van der Waals surface area contributed by atoms with Gasteiger partial charge in [0.25, 0.3) is 5.91 Å². The van der Waals surface area contributed by atoms with Gasteiger partial charge in [0.1, 0.15) is 0 Å². The number of carboxylic acid groups (broad SMARTS) is 1. The first-order valence-corrected chi connectivity index (χ1v) is 5.98. The molecule has 0 radical (unpaired) electrons. The van der Waals surface area contributed by atoms with Crippen LogP contribution in [0.2, 0.25) is 0 Å². The Morgan fingerprint density at radius 2 is 2.11 bits per heavy atom. The smallest absolute Gasteiger partial charge is 0.303 e. The van der Waals surface area contributed by atoms with Gasteiger partial charge >= 0.3 is 5.97 Å². The third-order valence-electron chi connectivity index (χ3n) is 2.55. The van der Waals surface area contributed by atoms with Crippen molar-refractivity contribution in [1.29, 1.82) is 0 Å². The minimum absolute atomic E-state index is 0.00497. The van der Waals surface area contributed by atoms with Crippen LogP contribution in [0.3, 0.4) is 0 Å². The number of aliphatic carboxylic acids is 1. The number of carboxylic acids is 1. The van der Waals surface area contributed by atoms with Crippen molar-refractivity contribution in [2.45, 2.75) is 26.7 Å². The van der Waals surface area contributed by atoms with Crippen LogP contribution < -0.4 is 11.1 Å². The standard InChI is InChI=1S/C11H18N4O4/c1-6(2)3-7(4-8(16)17)5-13-11(18)9-10(12)15-19-14-9/h6-7H,3-5H2,1-2H3,(H2,12,15)(H,13,18)(H,16,17)/t7-/m0/s1. The average molecular weight is 270 g/mol. The number of carbonyl (C=O) groups excluding carboxylic acids is 1. The van der Waals surface area contributed by atoms with E-state index in [1.165, 1.54) is 0 Å². The molecule has 0 unspecified atom stereocenters. The van der Waals surface area contributed by atoms with Crippen LogP contribution in [0.4, 0.5) is 5.82 Å². The van der Waals surface area contributed by atoms with E-state index in [0.29, 0.717) is 12.3 Å². The molecule has 0 aromatic carbocycles. The number of amides is 1. The lowest BCUT2D eigenvalue weighted by Crippen LogP contribution is -2.31.